The van der Waals surface area contributed by atoms with E-state index in [9.17, 15) is 9.59 Å². The fourth-order valence-electron chi connectivity index (χ4n) is 2.02. The van der Waals surface area contributed by atoms with Gasteiger partial charge in [0.15, 0.2) is 0 Å². The van der Waals surface area contributed by atoms with Crippen molar-refractivity contribution in [3.63, 3.8) is 0 Å². The van der Waals surface area contributed by atoms with E-state index < -0.39 is 5.60 Å². The molecule has 0 bridgehead atoms. The third-order valence-electron chi connectivity index (χ3n) is 3.67. The smallest absolute Gasteiger partial charge is 0.409 e. The van der Waals surface area contributed by atoms with E-state index in [0.717, 1.165) is 0 Å². The molecule has 6 nitrogen and oxygen atoms in total. The summed E-state index contributed by atoms with van der Waals surface area (Å²) < 4.78 is 10.3. The number of nitrogens with zero attached hydrogens (tertiary/aromatic N) is 2. The molecular formula is C13H24N2O4. The summed E-state index contributed by atoms with van der Waals surface area (Å²) in [5.74, 6) is -0.0130. The van der Waals surface area contributed by atoms with Gasteiger partial charge >= 0.3 is 6.09 Å². The van der Waals surface area contributed by atoms with E-state index in [4.69, 9.17) is 9.47 Å². The Bertz CT molecular complexity index is 321. The van der Waals surface area contributed by atoms with Crippen molar-refractivity contribution >= 4 is 12.0 Å². The van der Waals surface area contributed by atoms with Crippen molar-refractivity contribution in [1.82, 2.24) is 9.80 Å². The molecule has 1 aliphatic heterocycles. The fourth-order valence-corrected chi connectivity index (χ4v) is 2.02. The number of carbonyl (C=O) groups is 2. The highest BCUT2D eigenvalue weighted by atomic mass is 16.6. The summed E-state index contributed by atoms with van der Waals surface area (Å²) in [6, 6.07) is 0. The van der Waals surface area contributed by atoms with E-state index in [1.54, 1.807) is 30.8 Å². The highest BCUT2D eigenvalue weighted by Gasteiger charge is 2.36. The lowest BCUT2D eigenvalue weighted by Gasteiger charge is -2.38. The Labute approximate surface area is 114 Å². The van der Waals surface area contributed by atoms with Crippen molar-refractivity contribution < 1.29 is 19.1 Å². The molecule has 1 aliphatic rings. The zero-order chi connectivity index (χ0) is 14.5. The predicted octanol–water partition coefficient (Wildman–Crippen LogP) is 1.10. The average molecular weight is 272 g/mol. The Balaban J connectivity index is 2.54. The molecule has 0 N–H and O–H groups in total. The average Bonchev–Trinajstić information content (AvgIpc) is 2.46. The summed E-state index contributed by atoms with van der Waals surface area (Å²) in [4.78, 5) is 27.3. The van der Waals surface area contributed by atoms with E-state index in [2.05, 4.69) is 0 Å². The molecule has 110 valence electrons. The van der Waals surface area contributed by atoms with Gasteiger partial charge in [-0.05, 0) is 20.3 Å². The first-order valence-electron chi connectivity index (χ1n) is 6.74. The quantitative estimate of drug-likeness (QED) is 0.769. The molecule has 0 saturated carbocycles. The standard InChI is InChI=1S/C13H24N2O4/c1-5-13(3,18-4)11(16)14-7-9-15(10-8-14)12(17)19-6-2/h5-10H2,1-4H3. The second-order valence-corrected chi connectivity index (χ2v) is 4.77. The normalized spacial score (nSPS) is 18.9. The maximum absolute atomic E-state index is 12.4. The van der Waals surface area contributed by atoms with Gasteiger partial charge in [-0.3, -0.25) is 4.79 Å². The number of carbonyl (C=O) groups excluding carboxylic acids is 2. The van der Waals surface area contributed by atoms with Crippen LogP contribution in [0.3, 0.4) is 0 Å². The minimum atomic E-state index is -0.772. The lowest BCUT2D eigenvalue weighted by atomic mass is 10.0. The topological polar surface area (TPSA) is 59.1 Å². The molecule has 2 amide bonds. The molecule has 1 atom stereocenters. The van der Waals surface area contributed by atoms with E-state index >= 15 is 0 Å². The minimum absolute atomic E-state index is 0.0130. The van der Waals surface area contributed by atoms with Crippen LogP contribution < -0.4 is 0 Å². The van der Waals surface area contributed by atoms with Gasteiger partial charge in [0, 0.05) is 33.3 Å². The number of hydrogen-bond donors (Lipinski definition) is 0. The molecule has 0 spiro atoms. The van der Waals surface area contributed by atoms with Crippen LogP contribution in [0, 0.1) is 0 Å². The van der Waals surface area contributed by atoms with Crippen molar-refractivity contribution in [1.29, 1.82) is 0 Å². The SMILES string of the molecule is CCOC(=O)N1CCN(C(=O)C(C)(CC)OC)CC1. The summed E-state index contributed by atoms with van der Waals surface area (Å²) in [6.45, 7) is 7.94. The molecule has 6 heteroatoms. The third-order valence-corrected chi connectivity index (χ3v) is 3.67. The zero-order valence-corrected chi connectivity index (χ0v) is 12.3. The van der Waals surface area contributed by atoms with Gasteiger partial charge in [0.05, 0.1) is 6.61 Å². The molecule has 1 fully saturated rings. The van der Waals surface area contributed by atoms with Crippen LogP contribution in [-0.2, 0) is 14.3 Å². The van der Waals surface area contributed by atoms with Gasteiger partial charge < -0.3 is 19.3 Å². The molecule has 0 aromatic carbocycles. The zero-order valence-electron chi connectivity index (χ0n) is 12.3. The summed E-state index contributed by atoms with van der Waals surface area (Å²) >= 11 is 0. The number of piperazine rings is 1. The first kappa shape index (κ1) is 15.8. The van der Waals surface area contributed by atoms with E-state index in [0.29, 0.717) is 39.2 Å². The number of methoxy groups -OCH3 is 1. The molecule has 1 heterocycles. The second kappa shape index (κ2) is 6.75. The van der Waals surface area contributed by atoms with E-state index in [1.807, 2.05) is 6.92 Å². The molecule has 0 radical (unpaired) electrons. The van der Waals surface area contributed by atoms with Crippen LogP contribution in [0.5, 0.6) is 0 Å². The highest BCUT2D eigenvalue weighted by molar-refractivity contribution is 5.85. The number of rotatable bonds is 4. The minimum Gasteiger partial charge on any atom is -0.450 e. The summed E-state index contributed by atoms with van der Waals surface area (Å²) in [5.41, 5.74) is -0.772. The van der Waals surface area contributed by atoms with Gasteiger partial charge in [-0.1, -0.05) is 6.92 Å². The molecule has 0 aromatic heterocycles. The van der Waals surface area contributed by atoms with Gasteiger partial charge in [-0.25, -0.2) is 4.79 Å². The Morgan fingerprint density at radius 1 is 1.11 bits per heavy atom. The second-order valence-electron chi connectivity index (χ2n) is 4.77. The predicted molar refractivity (Wildman–Crippen MR) is 70.9 cm³/mol. The highest BCUT2D eigenvalue weighted by Crippen LogP contribution is 2.19. The van der Waals surface area contributed by atoms with Gasteiger partial charge in [0.1, 0.15) is 5.60 Å². The Hall–Kier alpha value is -1.30. The van der Waals surface area contributed by atoms with Crippen LogP contribution in [0.4, 0.5) is 4.79 Å². The fraction of sp³-hybridized carbons (Fsp3) is 0.846. The van der Waals surface area contributed by atoms with E-state index in [-0.39, 0.29) is 12.0 Å². The molecule has 1 rings (SSSR count). The molecule has 1 saturated heterocycles. The maximum atomic E-state index is 12.4. The van der Waals surface area contributed by atoms with Crippen LogP contribution in [0.2, 0.25) is 0 Å². The lowest BCUT2D eigenvalue weighted by molar-refractivity contribution is -0.155. The summed E-state index contributed by atoms with van der Waals surface area (Å²) in [6.07, 6.45) is 0.319. The number of amides is 2. The van der Waals surface area contributed by atoms with Crippen LogP contribution >= 0.6 is 0 Å². The van der Waals surface area contributed by atoms with Crippen LogP contribution in [0.15, 0.2) is 0 Å². The third kappa shape index (κ3) is 3.59. The van der Waals surface area contributed by atoms with Crippen LogP contribution in [-0.4, -0.2) is 67.3 Å². The monoisotopic (exact) mass is 272 g/mol. The first-order valence-corrected chi connectivity index (χ1v) is 6.74. The van der Waals surface area contributed by atoms with Crippen molar-refractivity contribution in [3.8, 4) is 0 Å². The Kier molecular flexibility index (Phi) is 5.60. The van der Waals surface area contributed by atoms with Gasteiger partial charge in [0.25, 0.3) is 5.91 Å². The summed E-state index contributed by atoms with van der Waals surface area (Å²) in [5, 5.41) is 0. The number of hydrogen-bond acceptors (Lipinski definition) is 4. The van der Waals surface area contributed by atoms with Crippen LogP contribution in [0.1, 0.15) is 27.2 Å². The van der Waals surface area contributed by atoms with Gasteiger partial charge in [-0.15, -0.1) is 0 Å². The van der Waals surface area contributed by atoms with Crippen molar-refractivity contribution in [2.45, 2.75) is 32.8 Å². The lowest BCUT2D eigenvalue weighted by Crippen LogP contribution is -2.56. The first-order chi connectivity index (χ1) is 8.98. The van der Waals surface area contributed by atoms with E-state index in [1.165, 1.54) is 0 Å². The Morgan fingerprint density at radius 3 is 2.05 bits per heavy atom. The van der Waals surface area contributed by atoms with Gasteiger partial charge in [0.2, 0.25) is 0 Å². The van der Waals surface area contributed by atoms with Crippen LogP contribution in [0.25, 0.3) is 0 Å². The molecule has 0 aliphatic carbocycles. The van der Waals surface area contributed by atoms with Gasteiger partial charge in [-0.2, -0.15) is 0 Å². The van der Waals surface area contributed by atoms with Crippen molar-refractivity contribution in [2.75, 3.05) is 39.9 Å². The van der Waals surface area contributed by atoms with Crippen molar-refractivity contribution in [2.24, 2.45) is 0 Å². The maximum Gasteiger partial charge on any atom is 0.409 e. The molecule has 19 heavy (non-hydrogen) atoms. The molecule has 1 unspecified atom stereocenters. The Morgan fingerprint density at radius 2 is 1.63 bits per heavy atom. The molecule has 0 aromatic rings. The molecular weight excluding hydrogens is 248 g/mol. The largest absolute Gasteiger partial charge is 0.450 e. The number of ether oxygens (including phenoxy) is 2. The van der Waals surface area contributed by atoms with Crippen molar-refractivity contribution in [3.05, 3.63) is 0 Å². The summed E-state index contributed by atoms with van der Waals surface area (Å²) in [7, 11) is 1.55.